The Balaban J connectivity index is 2.31. The van der Waals surface area contributed by atoms with E-state index >= 15 is 0 Å². The fraction of sp³-hybridized carbons (Fsp3) is 0. The Bertz CT molecular complexity index is 800. The number of hydrogen-bond donors (Lipinski definition) is 0. The van der Waals surface area contributed by atoms with Crippen LogP contribution in [0.1, 0.15) is 5.56 Å². The molecule has 3 aromatic carbocycles. The van der Waals surface area contributed by atoms with Gasteiger partial charge >= 0.3 is 0 Å². The maximum absolute atomic E-state index is 9.23. The van der Waals surface area contributed by atoms with Crippen LogP contribution < -0.4 is 0 Å². The minimum atomic E-state index is 0.718. The van der Waals surface area contributed by atoms with Crippen LogP contribution >= 0.6 is 22.6 Å². The van der Waals surface area contributed by atoms with Gasteiger partial charge in [0.1, 0.15) is 0 Å². The molecule has 1 nitrogen and oxygen atoms in total. The second-order valence-corrected chi connectivity index (χ2v) is 5.50. The molecular formula is C17H10IN. The van der Waals surface area contributed by atoms with Crippen LogP contribution in [-0.2, 0) is 0 Å². The third-order valence-electron chi connectivity index (χ3n) is 3.17. The van der Waals surface area contributed by atoms with E-state index in [1.807, 2.05) is 36.4 Å². The molecule has 19 heavy (non-hydrogen) atoms. The zero-order chi connectivity index (χ0) is 13.2. The van der Waals surface area contributed by atoms with Crippen LogP contribution in [0.2, 0.25) is 0 Å². The van der Waals surface area contributed by atoms with E-state index in [0.717, 1.165) is 16.7 Å². The Kier molecular flexibility index (Phi) is 3.22. The van der Waals surface area contributed by atoms with Crippen LogP contribution in [0.5, 0.6) is 0 Å². The fourth-order valence-electron chi connectivity index (χ4n) is 2.23. The number of rotatable bonds is 1. The van der Waals surface area contributed by atoms with Gasteiger partial charge in [0.05, 0.1) is 11.6 Å². The number of nitriles is 1. The number of benzene rings is 3. The van der Waals surface area contributed by atoms with E-state index in [1.165, 1.54) is 14.3 Å². The van der Waals surface area contributed by atoms with Gasteiger partial charge in [-0.2, -0.15) is 5.26 Å². The van der Waals surface area contributed by atoms with E-state index in [-0.39, 0.29) is 0 Å². The van der Waals surface area contributed by atoms with E-state index < -0.39 is 0 Å². The smallest absolute Gasteiger partial charge is 0.0998 e. The maximum Gasteiger partial charge on any atom is 0.0998 e. The Labute approximate surface area is 125 Å². The SMILES string of the molecule is N#Cc1ccccc1-c1cc2ccccc2cc1I. The predicted octanol–water partition coefficient (Wildman–Crippen LogP) is 4.98. The first-order chi connectivity index (χ1) is 9.29. The Morgan fingerprint density at radius 3 is 2.16 bits per heavy atom. The number of hydrogen-bond acceptors (Lipinski definition) is 1. The monoisotopic (exact) mass is 355 g/mol. The summed E-state index contributed by atoms with van der Waals surface area (Å²) >= 11 is 2.34. The molecule has 0 atom stereocenters. The lowest BCUT2D eigenvalue weighted by Gasteiger charge is -2.09. The molecule has 0 unspecified atom stereocenters. The zero-order valence-electron chi connectivity index (χ0n) is 10.1. The second kappa shape index (κ2) is 5.02. The predicted molar refractivity (Wildman–Crippen MR) is 86.8 cm³/mol. The van der Waals surface area contributed by atoms with Crippen LogP contribution in [-0.4, -0.2) is 0 Å². The summed E-state index contributed by atoms with van der Waals surface area (Å²) in [5.74, 6) is 0. The van der Waals surface area contributed by atoms with Crippen molar-refractivity contribution in [2.75, 3.05) is 0 Å². The summed E-state index contributed by atoms with van der Waals surface area (Å²) in [6.45, 7) is 0. The molecule has 0 saturated heterocycles. The molecule has 3 aromatic rings. The third-order valence-corrected chi connectivity index (χ3v) is 4.07. The van der Waals surface area contributed by atoms with Crippen molar-refractivity contribution in [1.29, 1.82) is 5.26 Å². The molecule has 0 amide bonds. The zero-order valence-corrected chi connectivity index (χ0v) is 12.3. The van der Waals surface area contributed by atoms with Crippen LogP contribution in [0, 0.1) is 14.9 Å². The summed E-state index contributed by atoms with van der Waals surface area (Å²) in [4.78, 5) is 0. The van der Waals surface area contributed by atoms with Gasteiger partial charge in [0, 0.05) is 9.13 Å². The molecule has 2 heteroatoms. The van der Waals surface area contributed by atoms with Crippen LogP contribution in [0.4, 0.5) is 0 Å². The average molecular weight is 355 g/mol. The summed E-state index contributed by atoms with van der Waals surface area (Å²) in [6.07, 6.45) is 0. The Morgan fingerprint density at radius 1 is 0.789 bits per heavy atom. The first kappa shape index (κ1) is 12.2. The molecule has 0 fully saturated rings. The van der Waals surface area contributed by atoms with Gasteiger partial charge in [-0.05, 0) is 57.1 Å². The number of fused-ring (bicyclic) bond motifs is 1. The van der Waals surface area contributed by atoms with E-state index in [1.54, 1.807) is 0 Å². The van der Waals surface area contributed by atoms with Crippen molar-refractivity contribution in [3.63, 3.8) is 0 Å². The van der Waals surface area contributed by atoms with Gasteiger partial charge in [-0.15, -0.1) is 0 Å². The van der Waals surface area contributed by atoms with E-state index in [4.69, 9.17) is 0 Å². The lowest BCUT2D eigenvalue weighted by molar-refractivity contribution is 1.48. The molecular weight excluding hydrogens is 345 g/mol. The lowest BCUT2D eigenvalue weighted by Crippen LogP contribution is -1.88. The van der Waals surface area contributed by atoms with Crippen LogP contribution in [0.25, 0.3) is 21.9 Å². The molecule has 0 aliphatic carbocycles. The molecule has 0 aliphatic rings. The van der Waals surface area contributed by atoms with Gasteiger partial charge in [0.25, 0.3) is 0 Å². The molecule has 90 valence electrons. The van der Waals surface area contributed by atoms with Crippen LogP contribution in [0.3, 0.4) is 0 Å². The van der Waals surface area contributed by atoms with Crippen LogP contribution in [0.15, 0.2) is 60.7 Å². The third kappa shape index (κ3) is 2.22. The van der Waals surface area contributed by atoms with Gasteiger partial charge < -0.3 is 0 Å². The standard InChI is InChI=1S/C17H10IN/c18-17-10-13-6-2-1-5-12(13)9-16(17)15-8-4-3-7-14(15)11-19/h1-10H. The maximum atomic E-state index is 9.23. The molecule has 0 bridgehead atoms. The normalized spacial score (nSPS) is 10.3. The Morgan fingerprint density at radius 2 is 1.42 bits per heavy atom. The highest BCUT2D eigenvalue weighted by atomic mass is 127. The topological polar surface area (TPSA) is 23.8 Å². The summed E-state index contributed by atoms with van der Waals surface area (Å²) in [6, 6.07) is 22.6. The molecule has 0 saturated carbocycles. The lowest BCUT2D eigenvalue weighted by atomic mass is 9.98. The minimum Gasteiger partial charge on any atom is -0.192 e. The summed E-state index contributed by atoms with van der Waals surface area (Å²) < 4.78 is 1.17. The highest BCUT2D eigenvalue weighted by molar-refractivity contribution is 14.1. The second-order valence-electron chi connectivity index (χ2n) is 4.34. The molecule has 3 rings (SSSR count). The summed E-state index contributed by atoms with van der Waals surface area (Å²) in [5.41, 5.74) is 2.84. The van der Waals surface area contributed by atoms with Crippen molar-refractivity contribution in [3.05, 3.63) is 69.8 Å². The van der Waals surface area contributed by atoms with E-state index in [0.29, 0.717) is 0 Å². The largest absolute Gasteiger partial charge is 0.192 e. The van der Waals surface area contributed by atoms with E-state index in [9.17, 15) is 5.26 Å². The first-order valence-corrected chi connectivity index (χ1v) is 7.05. The highest BCUT2D eigenvalue weighted by Gasteiger charge is 2.08. The molecule has 0 aromatic heterocycles. The van der Waals surface area contributed by atoms with Gasteiger partial charge in [-0.25, -0.2) is 0 Å². The fourth-order valence-corrected chi connectivity index (χ4v) is 3.02. The van der Waals surface area contributed by atoms with Crippen molar-refractivity contribution >= 4 is 33.4 Å². The highest BCUT2D eigenvalue weighted by Crippen LogP contribution is 2.31. The molecule has 0 radical (unpaired) electrons. The number of halogens is 1. The van der Waals surface area contributed by atoms with Crippen molar-refractivity contribution in [3.8, 4) is 17.2 Å². The Hall–Kier alpha value is -1.86. The van der Waals surface area contributed by atoms with E-state index in [2.05, 4.69) is 52.9 Å². The quantitative estimate of drug-likeness (QED) is 0.565. The molecule has 0 heterocycles. The first-order valence-electron chi connectivity index (χ1n) is 5.97. The molecule has 0 N–H and O–H groups in total. The van der Waals surface area contributed by atoms with Crippen molar-refractivity contribution < 1.29 is 0 Å². The van der Waals surface area contributed by atoms with Gasteiger partial charge in [-0.3, -0.25) is 0 Å². The number of nitrogens with zero attached hydrogens (tertiary/aromatic N) is 1. The van der Waals surface area contributed by atoms with Crippen molar-refractivity contribution in [1.82, 2.24) is 0 Å². The molecule has 0 aliphatic heterocycles. The minimum absolute atomic E-state index is 0.718. The van der Waals surface area contributed by atoms with Crippen molar-refractivity contribution in [2.24, 2.45) is 0 Å². The van der Waals surface area contributed by atoms with Gasteiger partial charge in [-0.1, -0.05) is 42.5 Å². The molecule has 0 spiro atoms. The van der Waals surface area contributed by atoms with Crippen molar-refractivity contribution in [2.45, 2.75) is 0 Å². The summed E-state index contributed by atoms with van der Waals surface area (Å²) in [7, 11) is 0. The summed E-state index contributed by atoms with van der Waals surface area (Å²) in [5, 5.41) is 11.7. The average Bonchev–Trinajstić information content (AvgIpc) is 2.46. The van der Waals surface area contributed by atoms with Gasteiger partial charge in [0.15, 0.2) is 0 Å². The van der Waals surface area contributed by atoms with Gasteiger partial charge in [0.2, 0.25) is 0 Å².